The minimum Gasteiger partial charge on any atom is -0.310 e. The first-order valence-corrected chi connectivity index (χ1v) is 18.7. The van der Waals surface area contributed by atoms with Gasteiger partial charge in [0.1, 0.15) is 0 Å². The molecule has 2 nitrogen and oxygen atoms in total. The molecule has 10 aromatic rings. The van der Waals surface area contributed by atoms with Crippen LogP contribution in [0.5, 0.6) is 0 Å². The Hall–Kier alpha value is -6.42. The van der Waals surface area contributed by atoms with Gasteiger partial charge >= 0.3 is 0 Å². The van der Waals surface area contributed by atoms with Gasteiger partial charge < -0.3 is 9.47 Å². The third kappa shape index (κ3) is 5.67. The zero-order valence-electron chi connectivity index (χ0n) is 28.8. The summed E-state index contributed by atoms with van der Waals surface area (Å²) < 4.78 is 3.45. The maximum Gasteiger partial charge on any atom is 0.0541 e. The van der Waals surface area contributed by atoms with Crippen molar-refractivity contribution in [3.63, 3.8) is 0 Å². The van der Waals surface area contributed by atoms with Gasteiger partial charge in [-0.05, 0) is 129 Å². The highest BCUT2D eigenvalue weighted by Gasteiger charge is 2.16. The van der Waals surface area contributed by atoms with Gasteiger partial charge in [0.2, 0.25) is 0 Å². The van der Waals surface area contributed by atoms with E-state index in [-0.39, 0.29) is 0 Å². The van der Waals surface area contributed by atoms with E-state index in [0.717, 1.165) is 32.7 Å². The van der Waals surface area contributed by atoms with Gasteiger partial charge in [-0.1, -0.05) is 131 Å². The van der Waals surface area contributed by atoms with Gasteiger partial charge in [0.05, 0.1) is 11.0 Å². The maximum absolute atomic E-state index is 3.86. The molecule has 10 rings (SSSR count). The first kappa shape index (κ1) is 31.3. The van der Waals surface area contributed by atoms with Gasteiger partial charge in [-0.2, -0.15) is 0 Å². The van der Waals surface area contributed by atoms with E-state index in [1.807, 2.05) is 0 Å². The summed E-state index contributed by atoms with van der Waals surface area (Å²) in [7, 11) is 0. The van der Waals surface area contributed by atoms with Gasteiger partial charge in [0.15, 0.2) is 0 Å². The van der Waals surface area contributed by atoms with Crippen molar-refractivity contribution in [1.82, 2.24) is 4.57 Å². The van der Waals surface area contributed by atoms with Crippen LogP contribution >= 0.6 is 15.9 Å². The van der Waals surface area contributed by atoms with Gasteiger partial charge in [-0.15, -0.1) is 0 Å². The molecule has 0 radical (unpaired) electrons. The van der Waals surface area contributed by atoms with E-state index in [9.17, 15) is 0 Å². The van der Waals surface area contributed by atoms with Crippen molar-refractivity contribution in [2.75, 3.05) is 4.90 Å². The van der Waals surface area contributed by atoms with Crippen LogP contribution in [0.1, 0.15) is 0 Å². The zero-order chi connectivity index (χ0) is 35.3. The van der Waals surface area contributed by atoms with E-state index < -0.39 is 0 Å². The Morgan fingerprint density at radius 3 is 1.68 bits per heavy atom. The summed E-state index contributed by atoms with van der Waals surface area (Å²) in [5, 5.41) is 7.44. The third-order valence-corrected chi connectivity index (χ3v) is 10.8. The van der Waals surface area contributed by atoms with Crippen molar-refractivity contribution < 1.29 is 0 Å². The molecule has 0 unspecified atom stereocenters. The third-order valence-electron chi connectivity index (χ3n) is 10.4. The Balaban J connectivity index is 1.03. The average molecular weight is 742 g/mol. The Bertz CT molecular complexity index is 2960. The number of hydrogen-bond acceptors (Lipinski definition) is 1. The van der Waals surface area contributed by atoms with Crippen molar-refractivity contribution in [1.29, 1.82) is 0 Å². The summed E-state index contributed by atoms with van der Waals surface area (Å²) in [6.07, 6.45) is 0. The molecule has 0 bridgehead atoms. The molecule has 1 aromatic heterocycles. The predicted molar refractivity (Wildman–Crippen MR) is 229 cm³/mol. The van der Waals surface area contributed by atoms with Crippen molar-refractivity contribution in [3.05, 3.63) is 205 Å². The number of aromatic nitrogens is 1. The quantitative estimate of drug-likeness (QED) is 0.165. The van der Waals surface area contributed by atoms with Crippen LogP contribution in [0, 0.1) is 0 Å². The molecular weight excluding hydrogens is 708 g/mol. The minimum absolute atomic E-state index is 1.05. The molecule has 3 heteroatoms. The highest BCUT2D eigenvalue weighted by atomic mass is 79.9. The van der Waals surface area contributed by atoms with Gasteiger partial charge in [0.25, 0.3) is 0 Å². The molecular formula is C50H33BrN2. The van der Waals surface area contributed by atoms with Crippen molar-refractivity contribution in [2.45, 2.75) is 0 Å². The standard InChI is InChI=1S/C50H33BrN2/c51-42-29-40(36-18-23-44(24-19-36)52(43-14-2-1-3-15-43)45-25-20-34-10-4-6-12-37(34)31-45)28-41(30-42)39-22-27-50-48(33-39)47-16-8-9-17-49(47)53(50)46-26-21-35-11-5-7-13-38(35)32-46/h1-33H. The van der Waals surface area contributed by atoms with E-state index in [1.165, 1.54) is 60.2 Å². The summed E-state index contributed by atoms with van der Waals surface area (Å²) >= 11 is 3.86. The monoisotopic (exact) mass is 740 g/mol. The second kappa shape index (κ2) is 13.0. The molecule has 0 fully saturated rings. The van der Waals surface area contributed by atoms with Gasteiger partial charge in [0, 0.05) is 38.0 Å². The topological polar surface area (TPSA) is 8.17 Å². The molecule has 0 amide bonds. The summed E-state index contributed by atoms with van der Waals surface area (Å²) in [5.41, 5.74) is 11.6. The maximum atomic E-state index is 3.86. The van der Waals surface area contributed by atoms with Crippen LogP contribution in [0.25, 0.3) is 71.3 Å². The largest absolute Gasteiger partial charge is 0.310 e. The molecule has 9 aromatic carbocycles. The molecule has 250 valence electrons. The average Bonchev–Trinajstić information content (AvgIpc) is 3.55. The van der Waals surface area contributed by atoms with E-state index >= 15 is 0 Å². The molecule has 0 saturated carbocycles. The van der Waals surface area contributed by atoms with Crippen LogP contribution in [0.2, 0.25) is 0 Å². The van der Waals surface area contributed by atoms with E-state index in [2.05, 4.69) is 226 Å². The predicted octanol–water partition coefficient (Wildman–Crippen LogP) is 14.7. The molecule has 0 spiro atoms. The number of para-hydroxylation sites is 2. The fraction of sp³-hybridized carbons (Fsp3) is 0. The number of anilines is 3. The molecule has 53 heavy (non-hydrogen) atoms. The Labute approximate surface area is 316 Å². The lowest BCUT2D eigenvalue weighted by molar-refractivity contribution is 1.19. The number of hydrogen-bond donors (Lipinski definition) is 0. The zero-order valence-corrected chi connectivity index (χ0v) is 30.4. The summed E-state index contributed by atoms with van der Waals surface area (Å²) in [6, 6.07) is 72.4. The Morgan fingerprint density at radius 1 is 0.340 bits per heavy atom. The van der Waals surface area contributed by atoms with Crippen molar-refractivity contribution in [3.8, 4) is 27.9 Å². The van der Waals surface area contributed by atoms with Gasteiger partial charge in [-0.3, -0.25) is 0 Å². The normalized spacial score (nSPS) is 11.5. The van der Waals surface area contributed by atoms with Crippen LogP contribution in [0.4, 0.5) is 17.1 Å². The van der Waals surface area contributed by atoms with Gasteiger partial charge in [-0.25, -0.2) is 0 Å². The Kier molecular flexibility index (Phi) is 7.66. The van der Waals surface area contributed by atoms with E-state index in [1.54, 1.807) is 0 Å². The SMILES string of the molecule is Brc1cc(-c2ccc(N(c3ccccc3)c3ccc4ccccc4c3)cc2)cc(-c2ccc3c(c2)c2ccccc2n3-c2ccc3ccccc3c2)c1. The van der Waals surface area contributed by atoms with Crippen LogP contribution in [-0.2, 0) is 0 Å². The van der Waals surface area contributed by atoms with Crippen LogP contribution in [-0.4, -0.2) is 4.57 Å². The molecule has 0 atom stereocenters. The summed E-state index contributed by atoms with van der Waals surface area (Å²) in [6.45, 7) is 0. The first-order valence-electron chi connectivity index (χ1n) is 17.9. The van der Waals surface area contributed by atoms with E-state index in [4.69, 9.17) is 0 Å². The highest BCUT2D eigenvalue weighted by Crippen LogP contribution is 2.40. The minimum atomic E-state index is 1.05. The fourth-order valence-electron chi connectivity index (χ4n) is 7.81. The number of rotatable bonds is 6. The molecule has 1 heterocycles. The lowest BCUT2D eigenvalue weighted by Gasteiger charge is -2.26. The van der Waals surface area contributed by atoms with Crippen LogP contribution < -0.4 is 4.90 Å². The number of fused-ring (bicyclic) bond motifs is 5. The first-order chi connectivity index (χ1) is 26.2. The summed E-state index contributed by atoms with van der Waals surface area (Å²) in [4.78, 5) is 2.33. The Morgan fingerprint density at radius 2 is 0.906 bits per heavy atom. The lowest BCUT2D eigenvalue weighted by Crippen LogP contribution is -2.09. The molecule has 0 aliphatic heterocycles. The van der Waals surface area contributed by atoms with Crippen molar-refractivity contribution in [2.24, 2.45) is 0 Å². The number of nitrogens with zero attached hydrogens (tertiary/aromatic N) is 2. The molecule has 0 aliphatic rings. The van der Waals surface area contributed by atoms with Crippen molar-refractivity contribution >= 4 is 76.3 Å². The smallest absolute Gasteiger partial charge is 0.0541 e. The molecule has 0 saturated heterocycles. The van der Waals surface area contributed by atoms with Crippen LogP contribution in [0.3, 0.4) is 0 Å². The second-order valence-electron chi connectivity index (χ2n) is 13.6. The molecule has 0 N–H and O–H groups in total. The number of halogens is 1. The number of benzene rings is 9. The second-order valence-corrected chi connectivity index (χ2v) is 14.5. The van der Waals surface area contributed by atoms with E-state index in [0.29, 0.717) is 0 Å². The highest BCUT2D eigenvalue weighted by molar-refractivity contribution is 9.10. The summed E-state index contributed by atoms with van der Waals surface area (Å²) in [5.74, 6) is 0. The fourth-order valence-corrected chi connectivity index (χ4v) is 8.31. The molecule has 0 aliphatic carbocycles. The lowest BCUT2D eigenvalue weighted by atomic mass is 9.97. The van der Waals surface area contributed by atoms with Crippen LogP contribution in [0.15, 0.2) is 205 Å².